The number of hydrogen-bond acceptors (Lipinski definition) is 0. The number of hydrogen-bond donors (Lipinski definition) is 0. The van der Waals surface area contributed by atoms with Crippen LogP contribution in [0.3, 0.4) is 0 Å². The molecule has 4 aromatic heterocycles. The Balaban J connectivity index is 1.08. The quantitative estimate of drug-likeness (QED) is 0.127. The fourth-order valence-corrected chi connectivity index (χ4v) is 8.35. The van der Waals surface area contributed by atoms with Crippen molar-refractivity contribution in [2.45, 2.75) is 26.2 Å². The zero-order chi connectivity index (χ0) is 31.3. The highest BCUT2D eigenvalue weighted by molar-refractivity contribution is 6.22. The summed E-state index contributed by atoms with van der Waals surface area (Å²) in [7, 11) is 0. The van der Waals surface area contributed by atoms with Gasteiger partial charge in [0, 0.05) is 86.9 Å². The van der Waals surface area contributed by atoms with E-state index in [9.17, 15) is 0 Å². The van der Waals surface area contributed by atoms with E-state index in [0.29, 0.717) is 0 Å². The third-order valence-electron chi connectivity index (χ3n) is 10.5. The van der Waals surface area contributed by atoms with Crippen molar-refractivity contribution in [1.82, 2.24) is 0 Å². The molecule has 0 amide bonds. The van der Waals surface area contributed by atoms with Crippen molar-refractivity contribution in [2.24, 2.45) is 0 Å². The normalized spacial score (nSPS) is 13.5. The zero-order valence-corrected chi connectivity index (χ0v) is 26.5. The Hall–Kier alpha value is -6.00. The highest BCUT2D eigenvalue weighted by Gasteiger charge is 2.19. The lowest BCUT2D eigenvalue weighted by atomic mass is 9.97. The van der Waals surface area contributed by atoms with Crippen LogP contribution in [0.2, 0.25) is 0 Å². The maximum atomic E-state index is 2.34. The molecule has 20 bridgehead atoms. The van der Waals surface area contributed by atoms with Crippen LogP contribution in [0, 0.1) is 0 Å². The molecule has 0 radical (unpaired) electrons. The van der Waals surface area contributed by atoms with Crippen molar-refractivity contribution >= 4 is 64.6 Å². The largest absolute Gasteiger partial charge is 0.200 e. The first-order valence-corrected chi connectivity index (χ1v) is 16.8. The van der Waals surface area contributed by atoms with Crippen LogP contribution in [0.15, 0.2) is 147 Å². The van der Waals surface area contributed by atoms with Gasteiger partial charge in [-0.2, -0.15) is 18.3 Å². The van der Waals surface area contributed by atoms with Crippen molar-refractivity contribution in [3.8, 4) is 0 Å². The van der Waals surface area contributed by atoms with E-state index >= 15 is 0 Å². The van der Waals surface area contributed by atoms with Gasteiger partial charge in [-0.05, 0) is 48.5 Å². The molecule has 4 nitrogen and oxygen atoms in total. The monoisotopic (exact) mass is 616 g/mol. The van der Waals surface area contributed by atoms with E-state index in [1.165, 1.54) is 86.9 Å². The predicted molar refractivity (Wildman–Crippen MR) is 190 cm³/mol. The van der Waals surface area contributed by atoms with Gasteiger partial charge in [0.1, 0.15) is 0 Å². The molecule has 4 heteroatoms. The molecule has 48 heavy (non-hydrogen) atoms. The lowest BCUT2D eigenvalue weighted by Gasteiger charge is -2.11. The number of benzene rings is 6. The minimum atomic E-state index is 0.836. The van der Waals surface area contributed by atoms with E-state index < -0.39 is 0 Å². The summed E-state index contributed by atoms with van der Waals surface area (Å²) in [5.74, 6) is 0. The van der Waals surface area contributed by atoms with Crippen LogP contribution in [-0.4, -0.2) is 0 Å². The second-order valence-electron chi connectivity index (χ2n) is 13.8. The van der Waals surface area contributed by atoms with Crippen LogP contribution >= 0.6 is 0 Å². The molecule has 0 N–H and O–H groups in total. The van der Waals surface area contributed by atoms with Gasteiger partial charge < -0.3 is 0 Å². The Labute approximate surface area is 277 Å². The number of aromatic nitrogens is 4. The lowest BCUT2D eigenvalue weighted by Crippen LogP contribution is -2.35. The van der Waals surface area contributed by atoms with Crippen LogP contribution in [0.25, 0.3) is 64.6 Å². The van der Waals surface area contributed by atoms with Crippen LogP contribution in [0.5, 0.6) is 0 Å². The smallest absolute Gasteiger partial charge is 0.177 e. The van der Waals surface area contributed by atoms with Crippen LogP contribution in [0.4, 0.5) is 0 Å². The van der Waals surface area contributed by atoms with Crippen molar-refractivity contribution < 1.29 is 18.3 Å². The number of nitrogens with zero attached hydrogens (tertiary/aromatic N) is 4. The van der Waals surface area contributed by atoms with Gasteiger partial charge in [-0.1, -0.05) is 48.5 Å². The Morgan fingerprint density at radius 1 is 0.229 bits per heavy atom. The second kappa shape index (κ2) is 9.76. The molecule has 0 fully saturated rings. The summed E-state index contributed by atoms with van der Waals surface area (Å²) >= 11 is 0. The topological polar surface area (TPSA) is 15.5 Å². The lowest BCUT2D eigenvalue weighted by molar-refractivity contribution is -0.686. The van der Waals surface area contributed by atoms with Gasteiger partial charge in [0.15, 0.2) is 75.8 Å². The van der Waals surface area contributed by atoms with Gasteiger partial charge in [-0.3, -0.25) is 0 Å². The molecule has 0 aliphatic carbocycles. The minimum absolute atomic E-state index is 0.836. The van der Waals surface area contributed by atoms with Crippen LogP contribution < -0.4 is 18.3 Å². The molecule has 0 unspecified atom stereocenters. The highest BCUT2D eigenvalue weighted by atomic mass is 14.9. The van der Waals surface area contributed by atoms with Crippen LogP contribution in [-0.2, 0) is 26.2 Å². The zero-order valence-electron chi connectivity index (χ0n) is 26.5. The number of rotatable bonds is 0. The van der Waals surface area contributed by atoms with Gasteiger partial charge in [0.25, 0.3) is 0 Å². The molecule has 14 aliphatic heterocycles. The summed E-state index contributed by atoms with van der Waals surface area (Å²) in [6, 6.07) is 36.6. The molecular weight excluding hydrogens is 585 g/mol. The molecule has 0 saturated carbocycles. The Morgan fingerprint density at radius 2 is 0.396 bits per heavy atom. The Bertz CT molecular complexity index is 2340. The van der Waals surface area contributed by atoms with Crippen molar-refractivity contribution in [3.05, 3.63) is 169 Å². The molecule has 10 aromatic rings. The maximum absolute atomic E-state index is 2.34. The molecule has 6 aromatic carbocycles. The van der Waals surface area contributed by atoms with Crippen molar-refractivity contribution in [2.75, 3.05) is 0 Å². The van der Waals surface area contributed by atoms with E-state index in [-0.39, 0.29) is 0 Å². The molecule has 0 spiro atoms. The SMILES string of the molecule is c1cc2ccc1C[n+]1cc3ccc4c[n+](cc5ccc(c1)c3c45)Cc1ccc(cc1)C[n+]1cc3ccc4c[n+](cc5ccc(c1)c3c45)C2. The number of pyridine rings is 4. The summed E-state index contributed by atoms with van der Waals surface area (Å²) in [4.78, 5) is 0. The fraction of sp³-hybridized carbons (Fsp3) is 0.0909. The average Bonchev–Trinajstić information content (AvgIpc) is 3.10. The minimum Gasteiger partial charge on any atom is -0.200 e. The average molecular weight is 617 g/mol. The molecule has 0 saturated heterocycles. The summed E-state index contributed by atoms with van der Waals surface area (Å²) in [5.41, 5.74) is 5.21. The van der Waals surface area contributed by atoms with Crippen molar-refractivity contribution in [3.63, 3.8) is 0 Å². The molecule has 14 aliphatic rings. The van der Waals surface area contributed by atoms with E-state index in [4.69, 9.17) is 0 Å². The van der Waals surface area contributed by atoms with E-state index in [2.05, 4.69) is 165 Å². The molecule has 0 atom stereocenters. The molecule has 24 rings (SSSR count). The summed E-state index contributed by atoms with van der Waals surface area (Å²) < 4.78 is 9.35. The summed E-state index contributed by atoms with van der Waals surface area (Å²) in [6.07, 6.45) is 18.5. The molecule has 18 heterocycles. The first kappa shape index (κ1) is 26.1. The second-order valence-corrected chi connectivity index (χ2v) is 13.8. The fourth-order valence-electron chi connectivity index (χ4n) is 8.35. The van der Waals surface area contributed by atoms with Crippen LogP contribution in [0.1, 0.15) is 22.3 Å². The van der Waals surface area contributed by atoms with Gasteiger partial charge in [-0.25, -0.2) is 0 Å². The molecule has 224 valence electrons. The van der Waals surface area contributed by atoms with E-state index in [1.807, 2.05) is 0 Å². The van der Waals surface area contributed by atoms with Gasteiger partial charge in [-0.15, -0.1) is 0 Å². The van der Waals surface area contributed by atoms with E-state index in [1.54, 1.807) is 0 Å². The van der Waals surface area contributed by atoms with Crippen molar-refractivity contribution in [1.29, 1.82) is 0 Å². The highest BCUT2D eigenvalue weighted by Crippen LogP contribution is 2.34. The standard InChI is InChI=1S/C44H32N4/c1-2-30-4-3-29(1)17-45-21-33-9-11-37-25-47(26-38-12-10-34(22-45)41(33)43(37)38)19-31-5-7-32(8-6-31)20-48-27-39-15-13-35-23-46(18-30)24-36-14-16-40(28-48)44(39)42(35)36/h1-16,21-28H,17-20H2/q+4. The predicted octanol–water partition coefficient (Wildman–Crippen LogP) is 7.14. The van der Waals surface area contributed by atoms with Gasteiger partial charge >= 0.3 is 0 Å². The third kappa shape index (κ3) is 4.09. The Kier molecular flexibility index (Phi) is 5.31. The maximum Gasteiger partial charge on any atom is 0.177 e. The van der Waals surface area contributed by atoms with E-state index in [0.717, 1.165) is 26.2 Å². The first-order chi connectivity index (χ1) is 23.7. The molecular formula is C44H32N4+4. The third-order valence-corrected chi connectivity index (χ3v) is 10.5. The summed E-state index contributed by atoms with van der Waals surface area (Å²) in [6.45, 7) is 3.35. The Morgan fingerprint density at radius 3 is 0.562 bits per heavy atom. The van der Waals surface area contributed by atoms with Gasteiger partial charge in [0.05, 0.1) is 0 Å². The first-order valence-electron chi connectivity index (χ1n) is 16.8. The summed E-state index contributed by atoms with van der Waals surface area (Å²) in [5, 5.41) is 15.7. The van der Waals surface area contributed by atoms with Gasteiger partial charge in [0.2, 0.25) is 0 Å².